The third-order valence-corrected chi connectivity index (χ3v) is 4.29. The number of rotatable bonds is 5. The van der Waals surface area contributed by atoms with Crippen molar-refractivity contribution in [3.05, 3.63) is 41.5 Å². The third-order valence-electron chi connectivity index (χ3n) is 3.47. The van der Waals surface area contributed by atoms with Crippen LogP contribution in [0.2, 0.25) is 0 Å². The molecule has 0 bridgehead atoms. The van der Waals surface area contributed by atoms with Gasteiger partial charge in [0, 0.05) is 0 Å². The topological polar surface area (TPSA) is 57.2 Å². The van der Waals surface area contributed by atoms with Crippen molar-refractivity contribution in [2.45, 2.75) is 44.4 Å². The molecule has 0 saturated heterocycles. The molecule has 2 aromatic rings. The fraction of sp³-hybridized carbons (Fsp3) is 0.375. The van der Waals surface area contributed by atoms with E-state index in [4.69, 9.17) is 0 Å². The van der Waals surface area contributed by atoms with Crippen LogP contribution in [0, 0.1) is 0 Å². The Kier molecular flexibility index (Phi) is 6.88. The van der Waals surface area contributed by atoms with E-state index in [1.54, 1.807) is 0 Å². The first-order valence-corrected chi connectivity index (χ1v) is 8.38. The van der Waals surface area contributed by atoms with Gasteiger partial charge < -0.3 is 4.55 Å². The van der Waals surface area contributed by atoms with Gasteiger partial charge in [-0.05, 0) is 46.9 Å². The van der Waals surface area contributed by atoms with Gasteiger partial charge in [0.05, 0.1) is 4.90 Å². The molecule has 0 aliphatic carbocycles. The third kappa shape index (κ3) is 4.30. The van der Waals surface area contributed by atoms with E-state index in [1.165, 1.54) is 12.1 Å². The van der Waals surface area contributed by atoms with E-state index in [2.05, 4.69) is 6.92 Å². The molecule has 0 aliphatic heterocycles. The van der Waals surface area contributed by atoms with Gasteiger partial charge in [-0.15, -0.1) is 0 Å². The van der Waals surface area contributed by atoms with Crippen LogP contribution in [0.5, 0.6) is 0 Å². The number of aryl methyl sites for hydroxylation is 2. The second-order valence-electron chi connectivity index (χ2n) is 5.05. The van der Waals surface area contributed by atoms with Gasteiger partial charge in [-0.2, -0.15) is 0 Å². The predicted molar refractivity (Wildman–Crippen MR) is 79.9 cm³/mol. The van der Waals surface area contributed by atoms with E-state index >= 15 is 0 Å². The Labute approximate surface area is 148 Å². The molecule has 21 heavy (non-hydrogen) atoms. The summed E-state index contributed by atoms with van der Waals surface area (Å²) < 4.78 is 34.0. The molecular formula is C16H19NaO3S. The largest absolute Gasteiger partial charge is 1.00 e. The van der Waals surface area contributed by atoms with Crippen LogP contribution in [-0.2, 0) is 23.0 Å². The zero-order valence-corrected chi connectivity index (χ0v) is 15.7. The van der Waals surface area contributed by atoms with Crippen LogP contribution in [0.15, 0.2) is 35.2 Å². The molecule has 0 amide bonds. The van der Waals surface area contributed by atoms with Crippen LogP contribution in [0.1, 0.15) is 37.8 Å². The Morgan fingerprint density at radius 2 is 1.57 bits per heavy atom. The first kappa shape index (κ1) is 18.7. The van der Waals surface area contributed by atoms with E-state index < -0.39 is 10.1 Å². The average molecular weight is 314 g/mol. The van der Waals surface area contributed by atoms with Gasteiger partial charge in [0.25, 0.3) is 0 Å². The summed E-state index contributed by atoms with van der Waals surface area (Å²) in [5.41, 5.74) is 2.05. The molecule has 0 fully saturated rings. The smallest absolute Gasteiger partial charge is 0.744 e. The molecule has 0 saturated carbocycles. The quantitative estimate of drug-likeness (QED) is 0.601. The maximum absolute atomic E-state index is 11.3. The second kappa shape index (κ2) is 7.75. The molecule has 0 aromatic heterocycles. The fourth-order valence-corrected chi connectivity index (χ4v) is 3.15. The Morgan fingerprint density at radius 1 is 0.952 bits per heavy atom. The first-order chi connectivity index (χ1) is 9.47. The van der Waals surface area contributed by atoms with Gasteiger partial charge in [-0.1, -0.05) is 44.9 Å². The number of benzene rings is 2. The molecule has 0 radical (unpaired) electrons. The zero-order valence-electron chi connectivity index (χ0n) is 12.8. The molecule has 0 heterocycles. The van der Waals surface area contributed by atoms with Gasteiger partial charge in [0.15, 0.2) is 0 Å². The summed E-state index contributed by atoms with van der Waals surface area (Å²) >= 11 is 0. The van der Waals surface area contributed by atoms with Crippen molar-refractivity contribution in [3.8, 4) is 0 Å². The number of fused-ring (bicyclic) bond motifs is 1. The van der Waals surface area contributed by atoms with Crippen LogP contribution in [-0.4, -0.2) is 13.0 Å². The minimum absolute atomic E-state index is 0. The summed E-state index contributed by atoms with van der Waals surface area (Å²) in [6, 6.07) is 9.06. The Morgan fingerprint density at radius 3 is 2.14 bits per heavy atom. The summed E-state index contributed by atoms with van der Waals surface area (Å²) in [5, 5.41) is 1.96. The molecule has 0 N–H and O–H groups in total. The van der Waals surface area contributed by atoms with E-state index in [0.29, 0.717) is 0 Å². The standard InChI is InChI=1S/C16H20O3S.Na/c1-3-6-12-8-5-9-15-13(7-4-2)10-14(11-16(12)15)20(17,18)19;/h5,8-11H,3-4,6-7H2,1-2H3,(H,17,18,19);/q;+1/p-1. The van der Waals surface area contributed by atoms with Gasteiger partial charge in [0.1, 0.15) is 10.1 Å². The summed E-state index contributed by atoms with van der Waals surface area (Å²) in [5.74, 6) is 0. The summed E-state index contributed by atoms with van der Waals surface area (Å²) in [6.07, 6.45) is 3.55. The molecule has 2 rings (SSSR count). The van der Waals surface area contributed by atoms with Crippen molar-refractivity contribution in [1.82, 2.24) is 0 Å². The average Bonchev–Trinajstić information content (AvgIpc) is 2.39. The van der Waals surface area contributed by atoms with Crippen molar-refractivity contribution in [3.63, 3.8) is 0 Å². The van der Waals surface area contributed by atoms with Crippen LogP contribution in [0.4, 0.5) is 0 Å². The van der Waals surface area contributed by atoms with E-state index in [9.17, 15) is 13.0 Å². The van der Waals surface area contributed by atoms with Gasteiger partial charge in [0.2, 0.25) is 0 Å². The normalized spacial score (nSPS) is 11.4. The summed E-state index contributed by atoms with van der Waals surface area (Å²) in [7, 11) is -4.42. The maximum Gasteiger partial charge on any atom is 1.00 e. The fourth-order valence-electron chi connectivity index (χ4n) is 2.60. The van der Waals surface area contributed by atoms with Crippen LogP contribution in [0.3, 0.4) is 0 Å². The van der Waals surface area contributed by atoms with E-state index in [1.807, 2.05) is 25.1 Å². The minimum atomic E-state index is -4.42. The molecule has 0 atom stereocenters. The first-order valence-electron chi connectivity index (χ1n) is 6.97. The summed E-state index contributed by atoms with van der Waals surface area (Å²) in [4.78, 5) is -0.114. The summed E-state index contributed by atoms with van der Waals surface area (Å²) in [6.45, 7) is 4.13. The van der Waals surface area contributed by atoms with Gasteiger partial charge in [-0.3, -0.25) is 0 Å². The molecule has 0 aliphatic rings. The van der Waals surface area contributed by atoms with Crippen LogP contribution in [0.25, 0.3) is 10.8 Å². The molecule has 5 heteroatoms. The van der Waals surface area contributed by atoms with E-state index in [-0.39, 0.29) is 34.5 Å². The molecule has 108 valence electrons. The molecule has 3 nitrogen and oxygen atoms in total. The molecule has 0 spiro atoms. The van der Waals surface area contributed by atoms with Gasteiger partial charge >= 0.3 is 29.6 Å². The van der Waals surface area contributed by atoms with Crippen molar-refractivity contribution in [1.29, 1.82) is 0 Å². The van der Waals surface area contributed by atoms with Crippen LogP contribution >= 0.6 is 0 Å². The monoisotopic (exact) mass is 314 g/mol. The predicted octanol–water partition coefficient (Wildman–Crippen LogP) is 0.653. The Bertz CT molecular complexity index is 724. The SMILES string of the molecule is CCCc1cc(S(=O)(=O)[O-])cc2c(CCC)cccc12.[Na+]. The van der Waals surface area contributed by atoms with Gasteiger partial charge in [-0.25, -0.2) is 8.42 Å². The Balaban J connectivity index is 0.00000220. The second-order valence-corrected chi connectivity index (χ2v) is 6.43. The molecular weight excluding hydrogens is 295 g/mol. The van der Waals surface area contributed by atoms with Crippen molar-refractivity contribution in [2.75, 3.05) is 0 Å². The Hall–Kier alpha value is -0.390. The van der Waals surface area contributed by atoms with Crippen molar-refractivity contribution >= 4 is 20.9 Å². The van der Waals surface area contributed by atoms with E-state index in [0.717, 1.165) is 47.6 Å². The molecule has 2 aromatic carbocycles. The van der Waals surface area contributed by atoms with Crippen molar-refractivity contribution in [2.24, 2.45) is 0 Å². The zero-order chi connectivity index (χ0) is 14.8. The van der Waals surface area contributed by atoms with Crippen LogP contribution < -0.4 is 29.6 Å². The molecule has 0 unspecified atom stereocenters. The minimum Gasteiger partial charge on any atom is -0.744 e. The number of hydrogen-bond donors (Lipinski definition) is 0. The maximum atomic E-state index is 11.3. The number of hydrogen-bond acceptors (Lipinski definition) is 3. The van der Waals surface area contributed by atoms with Crippen molar-refractivity contribution < 1.29 is 42.5 Å².